The van der Waals surface area contributed by atoms with Crippen LogP contribution in [0, 0.1) is 0 Å². The van der Waals surface area contributed by atoms with Crippen LogP contribution < -0.4 is 5.32 Å². The molecule has 0 aromatic carbocycles. The highest BCUT2D eigenvalue weighted by atomic mass is 16.5. The van der Waals surface area contributed by atoms with Crippen molar-refractivity contribution in [2.24, 2.45) is 0 Å². The van der Waals surface area contributed by atoms with Crippen LogP contribution in [-0.4, -0.2) is 48.4 Å². The van der Waals surface area contributed by atoms with E-state index in [1.54, 1.807) is 4.90 Å². The molecule has 0 aliphatic carbocycles. The van der Waals surface area contributed by atoms with Crippen molar-refractivity contribution in [3.8, 4) is 0 Å². The third kappa shape index (κ3) is 4.20. The van der Waals surface area contributed by atoms with Gasteiger partial charge in [0.15, 0.2) is 0 Å². The van der Waals surface area contributed by atoms with Crippen molar-refractivity contribution in [1.29, 1.82) is 0 Å². The summed E-state index contributed by atoms with van der Waals surface area (Å²) in [5.41, 5.74) is 0.373. The molecular weight excluding hydrogens is 236 g/mol. The summed E-state index contributed by atoms with van der Waals surface area (Å²) >= 11 is 0. The Labute approximate surface area is 106 Å². The van der Waals surface area contributed by atoms with E-state index >= 15 is 0 Å². The van der Waals surface area contributed by atoms with Crippen LogP contribution in [-0.2, 0) is 19.1 Å². The van der Waals surface area contributed by atoms with Gasteiger partial charge in [-0.3, -0.25) is 14.4 Å². The summed E-state index contributed by atoms with van der Waals surface area (Å²) in [7, 11) is 0. The van der Waals surface area contributed by atoms with Crippen LogP contribution >= 0.6 is 0 Å². The summed E-state index contributed by atoms with van der Waals surface area (Å²) in [5, 5.41) is 2.77. The van der Waals surface area contributed by atoms with Crippen LogP contribution in [0.25, 0.3) is 0 Å². The summed E-state index contributed by atoms with van der Waals surface area (Å²) in [4.78, 5) is 34.8. The molecule has 100 valence electrons. The number of amides is 2. The summed E-state index contributed by atoms with van der Waals surface area (Å²) in [6.45, 7) is 7.68. The van der Waals surface area contributed by atoms with Gasteiger partial charge in [-0.15, -0.1) is 0 Å². The Morgan fingerprint density at radius 1 is 1.33 bits per heavy atom. The molecule has 2 amide bonds. The van der Waals surface area contributed by atoms with Crippen LogP contribution in [0.5, 0.6) is 0 Å². The van der Waals surface area contributed by atoms with Gasteiger partial charge < -0.3 is 15.0 Å². The first-order valence-electron chi connectivity index (χ1n) is 5.77. The third-order valence-electron chi connectivity index (χ3n) is 2.69. The van der Waals surface area contributed by atoms with Gasteiger partial charge in [0.2, 0.25) is 11.8 Å². The van der Waals surface area contributed by atoms with Crippen LogP contribution in [0.3, 0.4) is 0 Å². The molecule has 1 saturated heterocycles. The van der Waals surface area contributed by atoms with Crippen LogP contribution in [0.2, 0.25) is 0 Å². The van der Waals surface area contributed by atoms with E-state index in [2.05, 4.69) is 11.9 Å². The predicted octanol–water partition coefficient (Wildman–Crippen LogP) is -0.157. The Kier molecular flexibility index (Phi) is 4.88. The molecule has 1 rings (SSSR count). The SMILES string of the molecule is C=C(CCOC(C)=O)C(=O)NC1CN(C(C)=O)C1. The highest BCUT2D eigenvalue weighted by Crippen LogP contribution is 2.09. The number of carbonyl (C=O) groups is 3. The van der Waals surface area contributed by atoms with Crippen molar-refractivity contribution >= 4 is 17.8 Å². The number of nitrogens with zero attached hydrogens (tertiary/aromatic N) is 1. The molecule has 1 aliphatic rings. The number of carbonyl (C=O) groups excluding carboxylic acids is 3. The highest BCUT2D eigenvalue weighted by Gasteiger charge is 2.29. The lowest BCUT2D eigenvalue weighted by Crippen LogP contribution is -2.60. The fraction of sp³-hybridized carbons (Fsp3) is 0.583. The Bertz CT molecular complexity index is 372. The first-order chi connectivity index (χ1) is 8.40. The van der Waals surface area contributed by atoms with Gasteiger partial charge in [0.05, 0.1) is 12.6 Å². The molecule has 1 heterocycles. The van der Waals surface area contributed by atoms with Crippen molar-refractivity contribution in [3.05, 3.63) is 12.2 Å². The van der Waals surface area contributed by atoms with E-state index in [0.29, 0.717) is 25.1 Å². The zero-order chi connectivity index (χ0) is 13.7. The van der Waals surface area contributed by atoms with Crippen LogP contribution in [0.4, 0.5) is 0 Å². The van der Waals surface area contributed by atoms with Gasteiger partial charge in [-0.05, 0) is 0 Å². The minimum atomic E-state index is -0.376. The number of ether oxygens (including phenoxy) is 1. The summed E-state index contributed by atoms with van der Waals surface area (Å²) in [5.74, 6) is -0.621. The molecule has 18 heavy (non-hydrogen) atoms. The van der Waals surface area contributed by atoms with E-state index in [1.165, 1.54) is 13.8 Å². The van der Waals surface area contributed by atoms with Gasteiger partial charge in [-0.2, -0.15) is 0 Å². The van der Waals surface area contributed by atoms with E-state index in [-0.39, 0.29) is 30.4 Å². The fourth-order valence-corrected chi connectivity index (χ4v) is 1.55. The molecule has 0 spiro atoms. The third-order valence-corrected chi connectivity index (χ3v) is 2.69. The molecule has 6 nitrogen and oxygen atoms in total. The van der Waals surface area contributed by atoms with Gasteiger partial charge in [-0.25, -0.2) is 0 Å². The zero-order valence-electron chi connectivity index (χ0n) is 10.7. The standard InChI is InChI=1S/C12H18N2O4/c1-8(4-5-18-10(3)16)12(17)13-11-6-14(7-11)9(2)15/h11H,1,4-7H2,2-3H3,(H,13,17). The zero-order valence-corrected chi connectivity index (χ0v) is 10.7. The van der Waals surface area contributed by atoms with Crippen molar-refractivity contribution < 1.29 is 19.1 Å². The van der Waals surface area contributed by atoms with E-state index in [4.69, 9.17) is 4.74 Å². The van der Waals surface area contributed by atoms with Crippen LogP contribution in [0.15, 0.2) is 12.2 Å². The Morgan fingerprint density at radius 3 is 2.44 bits per heavy atom. The molecule has 0 aromatic rings. The minimum Gasteiger partial charge on any atom is -0.466 e. The first-order valence-corrected chi connectivity index (χ1v) is 5.77. The highest BCUT2D eigenvalue weighted by molar-refractivity contribution is 5.93. The number of hydrogen-bond acceptors (Lipinski definition) is 4. The fourth-order valence-electron chi connectivity index (χ4n) is 1.55. The maximum atomic E-state index is 11.6. The second kappa shape index (κ2) is 6.18. The Morgan fingerprint density at radius 2 is 1.94 bits per heavy atom. The van der Waals surface area contributed by atoms with E-state index in [0.717, 1.165) is 0 Å². The second-order valence-electron chi connectivity index (χ2n) is 4.29. The average Bonchev–Trinajstić information content (AvgIpc) is 2.20. The van der Waals surface area contributed by atoms with Crippen molar-refractivity contribution in [2.75, 3.05) is 19.7 Å². The van der Waals surface area contributed by atoms with Crippen LogP contribution in [0.1, 0.15) is 20.3 Å². The molecule has 0 atom stereocenters. The maximum absolute atomic E-state index is 11.6. The lowest BCUT2D eigenvalue weighted by atomic mass is 10.1. The molecule has 1 aliphatic heterocycles. The van der Waals surface area contributed by atoms with Gasteiger partial charge in [-0.1, -0.05) is 6.58 Å². The van der Waals surface area contributed by atoms with Gasteiger partial charge >= 0.3 is 5.97 Å². The molecular formula is C12H18N2O4. The van der Waals surface area contributed by atoms with Gasteiger partial charge in [0.25, 0.3) is 0 Å². The summed E-state index contributed by atoms with van der Waals surface area (Å²) < 4.78 is 4.72. The first kappa shape index (κ1) is 14.2. The number of hydrogen-bond donors (Lipinski definition) is 1. The number of likely N-dealkylation sites (tertiary alicyclic amines) is 1. The largest absolute Gasteiger partial charge is 0.466 e. The quantitative estimate of drug-likeness (QED) is 0.546. The number of nitrogens with one attached hydrogen (secondary N) is 1. The van der Waals surface area contributed by atoms with Crippen molar-refractivity contribution in [2.45, 2.75) is 26.3 Å². The van der Waals surface area contributed by atoms with Crippen molar-refractivity contribution in [3.63, 3.8) is 0 Å². The smallest absolute Gasteiger partial charge is 0.302 e. The molecule has 1 N–H and O–H groups in total. The molecule has 1 fully saturated rings. The maximum Gasteiger partial charge on any atom is 0.302 e. The van der Waals surface area contributed by atoms with Gasteiger partial charge in [0.1, 0.15) is 0 Å². The topological polar surface area (TPSA) is 75.7 Å². The monoisotopic (exact) mass is 254 g/mol. The summed E-state index contributed by atoms with van der Waals surface area (Å²) in [6.07, 6.45) is 0.314. The lowest BCUT2D eigenvalue weighted by Gasteiger charge is -2.39. The number of rotatable bonds is 5. The Balaban J connectivity index is 2.19. The normalized spacial score (nSPS) is 14.7. The molecule has 0 radical (unpaired) electrons. The van der Waals surface area contributed by atoms with Gasteiger partial charge in [0, 0.05) is 38.9 Å². The van der Waals surface area contributed by atoms with E-state index in [1.807, 2.05) is 0 Å². The molecule has 6 heteroatoms. The Hall–Kier alpha value is -1.85. The number of esters is 1. The molecule has 0 unspecified atom stereocenters. The van der Waals surface area contributed by atoms with E-state index < -0.39 is 0 Å². The lowest BCUT2D eigenvalue weighted by molar-refractivity contribution is -0.141. The molecule has 0 aromatic heterocycles. The average molecular weight is 254 g/mol. The molecule has 0 saturated carbocycles. The molecule has 0 bridgehead atoms. The summed E-state index contributed by atoms with van der Waals surface area (Å²) in [6, 6.07) is -0.00752. The minimum absolute atomic E-state index is 0.00752. The van der Waals surface area contributed by atoms with E-state index in [9.17, 15) is 14.4 Å². The van der Waals surface area contributed by atoms with Crippen molar-refractivity contribution in [1.82, 2.24) is 10.2 Å². The second-order valence-corrected chi connectivity index (χ2v) is 4.29. The predicted molar refractivity (Wildman–Crippen MR) is 64.6 cm³/mol.